The third-order valence-electron chi connectivity index (χ3n) is 1.98. The fourth-order valence-corrected chi connectivity index (χ4v) is 1.12. The monoisotopic (exact) mass is 156 g/mol. The molecule has 0 aliphatic heterocycles. The van der Waals surface area contributed by atoms with Crippen molar-refractivity contribution in [2.24, 2.45) is 0 Å². The van der Waals surface area contributed by atoms with Gasteiger partial charge in [-0.3, -0.25) is 10.1 Å². The van der Waals surface area contributed by atoms with Gasteiger partial charge in [0.25, 0.3) is 0 Å². The average Bonchev–Trinajstić information content (AvgIpc) is 2.35. The van der Waals surface area contributed by atoms with Gasteiger partial charge in [-0.2, -0.15) is 5.10 Å². The van der Waals surface area contributed by atoms with Crippen LogP contribution in [0.1, 0.15) is 0 Å². The van der Waals surface area contributed by atoms with Crippen molar-refractivity contribution in [3.8, 4) is 0 Å². The second-order valence-corrected chi connectivity index (χ2v) is 2.90. The van der Waals surface area contributed by atoms with Gasteiger partial charge in [0.1, 0.15) is 5.52 Å². The lowest BCUT2D eigenvalue weighted by Gasteiger charge is -1.97. The van der Waals surface area contributed by atoms with Gasteiger partial charge >= 0.3 is 0 Å². The Kier molecular flexibility index (Phi) is 1.46. The fourth-order valence-electron chi connectivity index (χ4n) is 1.12. The number of hydrogen-bond donors (Lipinski definition) is 1. The minimum absolute atomic E-state index is 0.774. The first kappa shape index (κ1) is 7.40. The van der Waals surface area contributed by atoms with Gasteiger partial charge in [-0.1, -0.05) is 0 Å². The first-order chi connectivity index (χ1) is 5.68. The van der Waals surface area contributed by atoms with Gasteiger partial charge < -0.3 is 0 Å². The van der Waals surface area contributed by atoms with Gasteiger partial charge in [0.15, 0.2) is 29.2 Å². The smallest absolute Gasteiger partial charge is 0.172 e. The summed E-state index contributed by atoms with van der Waals surface area (Å²) < 4.78 is 0. The normalized spacial score (nSPS) is 10.7. The number of hydrogen-bond acceptors (Lipinski definition) is 3. The predicted molar refractivity (Wildman–Crippen MR) is 56.2 cm³/mol. The maximum atomic E-state index is 4.38. The lowest BCUT2D eigenvalue weighted by molar-refractivity contribution is 1.12. The van der Waals surface area contributed by atoms with E-state index in [1.165, 1.54) is 0 Å². The molecule has 2 rings (SSSR count). The van der Waals surface area contributed by atoms with E-state index < -0.39 is 0 Å². The Balaban J connectivity index is 2.87. The van der Waals surface area contributed by atoms with Crippen LogP contribution in [-0.2, 0) is 0 Å². The molecule has 2 heterocycles. The molecule has 0 spiro atoms. The van der Waals surface area contributed by atoms with Crippen molar-refractivity contribution >= 4 is 51.5 Å². The standard InChI is InChI=1S/C5H7B3N4/c6-2-1-5(12-11-2)10-4(8)3(7)9-1/h6-8H2,(H,10,11,12). The van der Waals surface area contributed by atoms with Crippen LogP contribution in [0.4, 0.5) is 0 Å². The zero-order valence-electron chi connectivity index (χ0n) is 7.34. The molecule has 56 valence electrons. The van der Waals surface area contributed by atoms with E-state index in [1.807, 2.05) is 23.5 Å². The first-order valence-electron chi connectivity index (χ1n) is 3.84. The number of nitrogens with one attached hydrogen (secondary N) is 1. The van der Waals surface area contributed by atoms with Crippen molar-refractivity contribution in [2.45, 2.75) is 0 Å². The minimum atomic E-state index is 0.774. The highest BCUT2D eigenvalue weighted by Gasteiger charge is 2.05. The lowest BCUT2D eigenvalue weighted by atomic mass is 9.90. The molecule has 12 heavy (non-hydrogen) atoms. The van der Waals surface area contributed by atoms with Crippen LogP contribution in [0.25, 0.3) is 11.2 Å². The van der Waals surface area contributed by atoms with E-state index >= 15 is 0 Å². The van der Waals surface area contributed by atoms with Crippen molar-refractivity contribution in [3.05, 3.63) is 0 Å². The van der Waals surface area contributed by atoms with Crippen molar-refractivity contribution in [3.63, 3.8) is 0 Å². The van der Waals surface area contributed by atoms with Gasteiger partial charge in [0, 0.05) is 16.8 Å². The van der Waals surface area contributed by atoms with Crippen LogP contribution >= 0.6 is 0 Å². The Bertz CT molecular complexity index is 437. The number of fused-ring (bicyclic) bond motifs is 1. The van der Waals surface area contributed by atoms with Crippen LogP contribution in [0.15, 0.2) is 0 Å². The van der Waals surface area contributed by atoms with Crippen molar-refractivity contribution < 1.29 is 0 Å². The number of H-pyrrole nitrogens is 1. The van der Waals surface area contributed by atoms with Crippen molar-refractivity contribution in [2.75, 3.05) is 0 Å². The van der Waals surface area contributed by atoms with Crippen LogP contribution in [0, 0.1) is 0 Å². The van der Waals surface area contributed by atoms with Crippen LogP contribution in [-0.4, -0.2) is 43.7 Å². The third-order valence-corrected chi connectivity index (χ3v) is 1.98. The summed E-state index contributed by atoms with van der Waals surface area (Å²) in [5.41, 5.74) is 4.47. The summed E-state index contributed by atoms with van der Waals surface area (Å²) in [6, 6.07) is 0. The Morgan fingerprint density at radius 3 is 2.33 bits per heavy atom. The predicted octanol–water partition coefficient (Wildman–Crippen LogP) is -4.87. The molecule has 2 aromatic rings. The van der Waals surface area contributed by atoms with Crippen molar-refractivity contribution in [1.82, 2.24) is 20.2 Å². The maximum absolute atomic E-state index is 4.38. The summed E-state index contributed by atoms with van der Waals surface area (Å²) in [5.74, 6) is 0. The Morgan fingerprint density at radius 1 is 0.917 bits per heavy atom. The number of aromatic nitrogens is 4. The van der Waals surface area contributed by atoms with E-state index in [9.17, 15) is 0 Å². The number of nitrogens with zero attached hydrogens (tertiary/aromatic N) is 3. The van der Waals surface area contributed by atoms with Gasteiger partial charge in [0.2, 0.25) is 0 Å². The molecule has 0 aliphatic rings. The molecule has 0 radical (unpaired) electrons. The second-order valence-electron chi connectivity index (χ2n) is 2.90. The summed E-state index contributed by atoms with van der Waals surface area (Å²) in [4.78, 5) is 8.69. The molecule has 0 atom stereocenters. The highest BCUT2D eigenvalue weighted by Crippen LogP contribution is 1.94. The molecule has 0 unspecified atom stereocenters. The molecule has 0 fully saturated rings. The Labute approximate surface area is 72.4 Å². The average molecular weight is 156 g/mol. The molecule has 0 aliphatic carbocycles. The first-order valence-corrected chi connectivity index (χ1v) is 3.84. The summed E-state index contributed by atoms with van der Waals surface area (Å²) in [5, 5.41) is 6.86. The van der Waals surface area contributed by atoms with Crippen molar-refractivity contribution in [1.29, 1.82) is 0 Å². The molecule has 0 bridgehead atoms. The van der Waals surface area contributed by atoms with Crippen LogP contribution in [0.2, 0.25) is 0 Å². The fraction of sp³-hybridized carbons (Fsp3) is 0. The topological polar surface area (TPSA) is 54.5 Å². The molecule has 4 nitrogen and oxygen atoms in total. The zero-order chi connectivity index (χ0) is 8.72. The quantitative estimate of drug-likeness (QED) is 0.388. The maximum Gasteiger partial charge on any atom is 0.172 e. The van der Waals surface area contributed by atoms with E-state index in [0.29, 0.717) is 0 Å². The van der Waals surface area contributed by atoms with E-state index in [0.717, 1.165) is 27.9 Å². The summed E-state index contributed by atoms with van der Waals surface area (Å²) >= 11 is 0. The number of aromatic amines is 1. The highest BCUT2D eigenvalue weighted by molar-refractivity contribution is 6.47. The molecular formula is C5H7B3N4. The van der Waals surface area contributed by atoms with Crippen LogP contribution in [0.5, 0.6) is 0 Å². The highest BCUT2D eigenvalue weighted by atomic mass is 15.2. The Hall–Kier alpha value is -1.26. The van der Waals surface area contributed by atoms with Gasteiger partial charge in [-0.25, -0.2) is 4.98 Å². The lowest BCUT2D eigenvalue weighted by Crippen LogP contribution is -2.32. The van der Waals surface area contributed by atoms with Gasteiger partial charge in [-0.15, -0.1) is 0 Å². The summed E-state index contributed by atoms with van der Waals surface area (Å²) in [6.07, 6.45) is 0. The second kappa shape index (κ2) is 2.37. The molecule has 7 heteroatoms. The SMILES string of the molecule is Bc1nc2[nH]nc(B)c2nc1B. The van der Waals surface area contributed by atoms with Crippen LogP contribution in [0.3, 0.4) is 0 Å². The molecule has 0 aromatic carbocycles. The molecule has 0 amide bonds. The minimum Gasteiger partial charge on any atom is -0.260 e. The van der Waals surface area contributed by atoms with E-state index in [-0.39, 0.29) is 0 Å². The van der Waals surface area contributed by atoms with Gasteiger partial charge in [-0.05, 0) is 0 Å². The largest absolute Gasteiger partial charge is 0.260 e. The van der Waals surface area contributed by atoms with E-state index in [4.69, 9.17) is 0 Å². The van der Waals surface area contributed by atoms with E-state index in [1.54, 1.807) is 0 Å². The zero-order valence-corrected chi connectivity index (χ0v) is 7.34. The molecular weight excluding hydrogens is 149 g/mol. The molecule has 1 N–H and O–H groups in total. The number of rotatable bonds is 0. The molecule has 2 aromatic heterocycles. The Morgan fingerprint density at radius 2 is 1.58 bits per heavy atom. The van der Waals surface area contributed by atoms with Crippen LogP contribution < -0.4 is 16.8 Å². The third kappa shape index (κ3) is 0.930. The van der Waals surface area contributed by atoms with E-state index in [2.05, 4.69) is 20.2 Å². The molecule has 0 saturated heterocycles. The summed E-state index contributed by atoms with van der Waals surface area (Å²) in [6.45, 7) is 0. The van der Waals surface area contributed by atoms with Gasteiger partial charge in [0.05, 0.1) is 0 Å². The summed E-state index contributed by atoms with van der Waals surface area (Å²) in [7, 11) is 5.81. The molecule has 0 saturated carbocycles.